The van der Waals surface area contributed by atoms with Gasteiger partial charge in [0.05, 0.1) is 11.6 Å². The van der Waals surface area contributed by atoms with Crippen molar-refractivity contribution in [2.45, 2.75) is 26.3 Å². The minimum Gasteiger partial charge on any atom is -0.487 e. The molecule has 0 aliphatic carbocycles. The SMILES string of the molecule is COCCOc1c(F)cc(NC(C)(C)C)cc1Cl. The molecule has 102 valence electrons. The molecule has 0 radical (unpaired) electrons. The van der Waals surface area contributed by atoms with Crippen molar-refractivity contribution in [3.63, 3.8) is 0 Å². The van der Waals surface area contributed by atoms with Crippen LogP contribution in [-0.2, 0) is 4.74 Å². The maximum Gasteiger partial charge on any atom is 0.173 e. The van der Waals surface area contributed by atoms with Crippen molar-refractivity contribution in [2.75, 3.05) is 25.6 Å². The highest BCUT2D eigenvalue weighted by Gasteiger charge is 2.15. The van der Waals surface area contributed by atoms with Crippen LogP contribution >= 0.6 is 11.6 Å². The summed E-state index contributed by atoms with van der Waals surface area (Å²) in [4.78, 5) is 0. The smallest absolute Gasteiger partial charge is 0.173 e. The maximum absolute atomic E-state index is 13.8. The number of rotatable bonds is 5. The van der Waals surface area contributed by atoms with Crippen LogP contribution in [0, 0.1) is 5.82 Å². The molecule has 1 aromatic carbocycles. The normalized spacial score (nSPS) is 11.4. The lowest BCUT2D eigenvalue weighted by Crippen LogP contribution is -2.26. The summed E-state index contributed by atoms with van der Waals surface area (Å²) in [5, 5.41) is 3.40. The van der Waals surface area contributed by atoms with Crippen molar-refractivity contribution >= 4 is 17.3 Å². The molecule has 0 aliphatic heterocycles. The molecule has 0 aromatic heterocycles. The standard InChI is InChI=1S/C13H19ClFNO2/c1-13(2,3)16-9-7-10(14)12(11(15)8-9)18-6-5-17-4/h7-8,16H,5-6H2,1-4H3. The van der Waals surface area contributed by atoms with Gasteiger partial charge in [0.2, 0.25) is 0 Å². The predicted molar refractivity (Wildman–Crippen MR) is 72.2 cm³/mol. The molecular formula is C13H19ClFNO2. The van der Waals surface area contributed by atoms with Crippen molar-refractivity contribution in [1.82, 2.24) is 0 Å². The number of halogens is 2. The third-order valence-electron chi connectivity index (χ3n) is 2.05. The van der Waals surface area contributed by atoms with Crippen LogP contribution in [-0.4, -0.2) is 25.9 Å². The van der Waals surface area contributed by atoms with Gasteiger partial charge in [-0.1, -0.05) is 11.6 Å². The molecule has 18 heavy (non-hydrogen) atoms. The van der Waals surface area contributed by atoms with Crippen molar-refractivity contribution in [3.8, 4) is 5.75 Å². The average Bonchev–Trinajstić information content (AvgIpc) is 2.19. The summed E-state index contributed by atoms with van der Waals surface area (Å²) >= 11 is 6.00. The molecule has 0 amide bonds. The molecule has 0 unspecified atom stereocenters. The molecule has 0 atom stereocenters. The number of hydrogen-bond acceptors (Lipinski definition) is 3. The van der Waals surface area contributed by atoms with E-state index in [0.717, 1.165) is 0 Å². The Labute approximate surface area is 112 Å². The first kappa shape index (κ1) is 15.1. The topological polar surface area (TPSA) is 30.5 Å². The van der Waals surface area contributed by atoms with E-state index in [2.05, 4.69) is 5.32 Å². The van der Waals surface area contributed by atoms with E-state index in [1.165, 1.54) is 6.07 Å². The van der Waals surface area contributed by atoms with Crippen molar-refractivity contribution in [3.05, 3.63) is 23.0 Å². The van der Waals surface area contributed by atoms with Gasteiger partial charge >= 0.3 is 0 Å². The second kappa shape index (κ2) is 6.25. The van der Waals surface area contributed by atoms with Crippen LogP contribution in [0.15, 0.2) is 12.1 Å². The fourth-order valence-electron chi connectivity index (χ4n) is 1.43. The number of anilines is 1. The van der Waals surface area contributed by atoms with Crippen LogP contribution in [0.2, 0.25) is 5.02 Å². The number of ether oxygens (including phenoxy) is 2. The maximum atomic E-state index is 13.8. The lowest BCUT2D eigenvalue weighted by molar-refractivity contribution is 0.144. The van der Waals surface area contributed by atoms with E-state index in [-0.39, 0.29) is 22.9 Å². The lowest BCUT2D eigenvalue weighted by Gasteiger charge is -2.22. The van der Waals surface area contributed by atoms with Crippen molar-refractivity contribution < 1.29 is 13.9 Å². The van der Waals surface area contributed by atoms with E-state index >= 15 is 0 Å². The molecule has 0 aliphatic rings. The second-order valence-electron chi connectivity index (χ2n) is 4.99. The van der Waals surface area contributed by atoms with Crippen LogP contribution in [0.4, 0.5) is 10.1 Å². The zero-order valence-corrected chi connectivity index (χ0v) is 11.9. The van der Waals surface area contributed by atoms with Gasteiger partial charge in [0, 0.05) is 24.4 Å². The Bertz CT molecular complexity index is 381. The minimum atomic E-state index is -0.481. The number of nitrogens with one attached hydrogen (secondary N) is 1. The zero-order valence-electron chi connectivity index (χ0n) is 11.1. The average molecular weight is 276 g/mol. The highest BCUT2D eigenvalue weighted by Crippen LogP contribution is 2.32. The van der Waals surface area contributed by atoms with Gasteiger partial charge in [-0.05, 0) is 26.8 Å². The van der Waals surface area contributed by atoms with Crippen LogP contribution in [0.5, 0.6) is 5.75 Å². The molecular weight excluding hydrogens is 257 g/mol. The Balaban J connectivity index is 2.84. The molecule has 0 bridgehead atoms. The van der Waals surface area contributed by atoms with Crippen LogP contribution < -0.4 is 10.1 Å². The first-order valence-electron chi connectivity index (χ1n) is 5.72. The van der Waals surface area contributed by atoms with Gasteiger partial charge in [-0.25, -0.2) is 4.39 Å². The Hall–Kier alpha value is -1.00. The van der Waals surface area contributed by atoms with E-state index in [0.29, 0.717) is 12.3 Å². The summed E-state index contributed by atoms with van der Waals surface area (Å²) in [5.41, 5.74) is 0.470. The van der Waals surface area contributed by atoms with E-state index in [4.69, 9.17) is 21.1 Å². The van der Waals surface area contributed by atoms with E-state index in [1.807, 2.05) is 20.8 Å². The summed E-state index contributed by atoms with van der Waals surface area (Å²) < 4.78 is 23.9. The first-order valence-corrected chi connectivity index (χ1v) is 6.10. The van der Waals surface area contributed by atoms with E-state index in [9.17, 15) is 4.39 Å². The highest BCUT2D eigenvalue weighted by molar-refractivity contribution is 6.32. The summed E-state index contributed by atoms with van der Waals surface area (Å²) in [6.45, 7) is 6.61. The molecule has 0 heterocycles. The predicted octanol–water partition coefficient (Wildman–Crippen LogP) is 3.71. The molecule has 0 saturated heterocycles. The third-order valence-corrected chi connectivity index (χ3v) is 2.33. The molecule has 1 N–H and O–H groups in total. The Morgan fingerprint density at radius 2 is 1.94 bits per heavy atom. The second-order valence-corrected chi connectivity index (χ2v) is 5.39. The van der Waals surface area contributed by atoms with Crippen LogP contribution in [0.25, 0.3) is 0 Å². The van der Waals surface area contributed by atoms with Crippen molar-refractivity contribution in [1.29, 1.82) is 0 Å². The van der Waals surface area contributed by atoms with Gasteiger partial charge in [0.25, 0.3) is 0 Å². The fourth-order valence-corrected chi connectivity index (χ4v) is 1.69. The Morgan fingerprint density at radius 3 is 2.44 bits per heavy atom. The third kappa shape index (κ3) is 4.70. The van der Waals surface area contributed by atoms with Crippen molar-refractivity contribution in [2.24, 2.45) is 0 Å². The van der Waals surface area contributed by atoms with Gasteiger partial charge in [0.15, 0.2) is 11.6 Å². The molecule has 5 heteroatoms. The van der Waals surface area contributed by atoms with E-state index in [1.54, 1.807) is 13.2 Å². The molecule has 1 rings (SSSR count). The molecule has 1 aromatic rings. The summed E-state index contributed by atoms with van der Waals surface area (Å²) in [7, 11) is 1.55. The summed E-state index contributed by atoms with van der Waals surface area (Å²) in [6.07, 6.45) is 0. The van der Waals surface area contributed by atoms with Gasteiger partial charge in [-0.2, -0.15) is 0 Å². The Kier molecular flexibility index (Phi) is 5.23. The quantitative estimate of drug-likeness (QED) is 0.831. The van der Waals surface area contributed by atoms with Crippen LogP contribution in [0.3, 0.4) is 0 Å². The first-order chi connectivity index (χ1) is 8.33. The fraction of sp³-hybridized carbons (Fsp3) is 0.538. The van der Waals surface area contributed by atoms with Gasteiger partial charge in [-0.3, -0.25) is 0 Å². The molecule has 0 spiro atoms. The summed E-state index contributed by atoms with van der Waals surface area (Å²) in [5.74, 6) is -0.418. The molecule has 3 nitrogen and oxygen atoms in total. The van der Waals surface area contributed by atoms with Gasteiger partial charge in [0.1, 0.15) is 6.61 Å². The van der Waals surface area contributed by atoms with Gasteiger partial charge < -0.3 is 14.8 Å². The highest BCUT2D eigenvalue weighted by atomic mass is 35.5. The monoisotopic (exact) mass is 275 g/mol. The van der Waals surface area contributed by atoms with Crippen LogP contribution in [0.1, 0.15) is 20.8 Å². The van der Waals surface area contributed by atoms with E-state index < -0.39 is 5.82 Å². The Morgan fingerprint density at radius 1 is 1.28 bits per heavy atom. The summed E-state index contributed by atoms with van der Waals surface area (Å²) in [6, 6.07) is 3.03. The largest absolute Gasteiger partial charge is 0.487 e. The zero-order chi connectivity index (χ0) is 13.8. The number of methoxy groups -OCH3 is 1. The minimum absolute atomic E-state index is 0.0631. The number of hydrogen-bond donors (Lipinski definition) is 1. The number of benzene rings is 1. The van der Waals surface area contributed by atoms with Gasteiger partial charge in [-0.15, -0.1) is 0 Å². The molecule has 0 fully saturated rings. The molecule has 0 saturated carbocycles. The lowest BCUT2D eigenvalue weighted by atomic mass is 10.1.